The lowest BCUT2D eigenvalue weighted by Crippen LogP contribution is -2.52. The summed E-state index contributed by atoms with van der Waals surface area (Å²) in [6.07, 6.45) is 3.24. The van der Waals surface area contributed by atoms with Crippen LogP contribution in [0.2, 0.25) is 0 Å². The minimum Gasteiger partial charge on any atom is -0.368 e. The summed E-state index contributed by atoms with van der Waals surface area (Å²) in [7, 11) is 0. The van der Waals surface area contributed by atoms with Crippen LogP contribution in [0.1, 0.15) is 46.5 Å². The molecule has 6 heteroatoms. The Hall–Kier alpha value is -1.43. The van der Waals surface area contributed by atoms with Gasteiger partial charge in [0.15, 0.2) is 0 Å². The van der Waals surface area contributed by atoms with Gasteiger partial charge in [0.25, 0.3) is 0 Å². The van der Waals surface area contributed by atoms with E-state index in [1.54, 1.807) is 0 Å². The predicted octanol–water partition coefficient (Wildman–Crippen LogP) is 0.337. The Balaban J connectivity index is 2.84. The Morgan fingerprint density at radius 3 is 2.10 bits per heavy atom. The summed E-state index contributed by atoms with van der Waals surface area (Å²) in [5.41, 5.74) is 10.1. The highest BCUT2D eigenvalue weighted by Gasteiger charge is 2.40. The van der Waals surface area contributed by atoms with Crippen molar-refractivity contribution < 1.29 is 14.4 Å². The number of primary amides is 1. The van der Waals surface area contributed by atoms with Crippen molar-refractivity contribution in [1.29, 1.82) is 0 Å². The molecule has 0 aliphatic heterocycles. The van der Waals surface area contributed by atoms with Gasteiger partial charge in [-0.1, -0.05) is 33.6 Å². The Kier molecular flexibility index (Phi) is 5.89. The van der Waals surface area contributed by atoms with E-state index in [0.717, 1.165) is 19.3 Å². The summed E-state index contributed by atoms with van der Waals surface area (Å²) in [4.78, 5) is 36.1. The molecule has 2 amide bonds. The van der Waals surface area contributed by atoms with E-state index in [1.807, 2.05) is 20.8 Å². The fourth-order valence-corrected chi connectivity index (χ4v) is 2.84. The molecule has 0 aromatic carbocycles. The van der Waals surface area contributed by atoms with Gasteiger partial charge in [0.2, 0.25) is 11.8 Å². The lowest BCUT2D eigenvalue weighted by atomic mass is 9.70. The molecule has 1 rings (SSSR count). The lowest BCUT2D eigenvalue weighted by molar-refractivity contribution is -0.140. The molecule has 120 valence electrons. The molecule has 3 atom stereocenters. The first-order valence-corrected chi connectivity index (χ1v) is 7.52. The lowest BCUT2D eigenvalue weighted by Gasteiger charge is -2.34. The van der Waals surface area contributed by atoms with Crippen LogP contribution in [0.5, 0.6) is 0 Å². The Labute approximate surface area is 126 Å². The van der Waals surface area contributed by atoms with Gasteiger partial charge >= 0.3 is 0 Å². The van der Waals surface area contributed by atoms with Gasteiger partial charge in [0, 0.05) is 23.8 Å². The Morgan fingerprint density at radius 1 is 1.14 bits per heavy atom. The first-order chi connectivity index (χ1) is 9.68. The van der Waals surface area contributed by atoms with Crippen molar-refractivity contribution >= 4 is 17.6 Å². The fourth-order valence-electron chi connectivity index (χ4n) is 2.84. The molecule has 1 fully saturated rings. The van der Waals surface area contributed by atoms with Crippen LogP contribution in [0.4, 0.5) is 0 Å². The second-order valence-electron chi connectivity index (χ2n) is 6.81. The SMILES string of the molecule is CC(C)(C)C(=O)[C@H]1CCCC[C@H]1C(=O)N[C@H](CN)C(N)=O. The largest absolute Gasteiger partial charge is 0.368 e. The highest BCUT2D eigenvalue weighted by molar-refractivity contribution is 5.93. The first-order valence-electron chi connectivity index (χ1n) is 7.52. The molecule has 1 aliphatic rings. The third-order valence-electron chi connectivity index (χ3n) is 4.07. The topological polar surface area (TPSA) is 115 Å². The minimum absolute atomic E-state index is 0.0360. The number of amides is 2. The maximum atomic E-state index is 12.5. The van der Waals surface area contributed by atoms with Crippen LogP contribution in [0.3, 0.4) is 0 Å². The summed E-state index contributed by atoms with van der Waals surface area (Å²) < 4.78 is 0. The van der Waals surface area contributed by atoms with Gasteiger partial charge in [0.05, 0.1) is 0 Å². The fraction of sp³-hybridized carbons (Fsp3) is 0.800. The molecular weight excluding hydrogens is 270 g/mol. The molecule has 0 unspecified atom stereocenters. The second kappa shape index (κ2) is 7.02. The van der Waals surface area contributed by atoms with E-state index < -0.39 is 17.4 Å². The van der Waals surface area contributed by atoms with Crippen LogP contribution >= 0.6 is 0 Å². The summed E-state index contributed by atoms with van der Waals surface area (Å²) in [6.45, 7) is 5.56. The number of hydrogen-bond donors (Lipinski definition) is 3. The van der Waals surface area contributed by atoms with Gasteiger partial charge in [-0.05, 0) is 12.8 Å². The molecule has 1 saturated carbocycles. The van der Waals surface area contributed by atoms with Crippen LogP contribution in [-0.2, 0) is 14.4 Å². The van der Waals surface area contributed by atoms with Gasteiger partial charge in [-0.2, -0.15) is 0 Å². The standard InChI is InChI=1S/C15H27N3O3/c1-15(2,3)12(19)9-6-4-5-7-10(9)14(21)18-11(8-16)13(17)20/h9-11H,4-8,16H2,1-3H3,(H2,17,20)(H,18,21)/t9-,10+,11+/m0/s1. The van der Waals surface area contributed by atoms with Crippen molar-refractivity contribution in [2.75, 3.05) is 6.54 Å². The number of rotatable bonds is 5. The van der Waals surface area contributed by atoms with Gasteiger partial charge < -0.3 is 16.8 Å². The van der Waals surface area contributed by atoms with Crippen molar-refractivity contribution in [3.05, 3.63) is 0 Å². The van der Waals surface area contributed by atoms with Gasteiger partial charge in [-0.25, -0.2) is 0 Å². The molecule has 1 aliphatic carbocycles. The molecule has 0 aromatic rings. The normalized spacial score (nSPS) is 24.2. The molecule has 0 bridgehead atoms. The maximum Gasteiger partial charge on any atom is 0.241 e. The number of carbonyl (C=O) groups excluding carboxylic acids is 3. The number of Topliss-reactive ketones (excluding diaryl/α,β-unsaturated/α-hetero) is 1. The van der Waals surface area contributed by atoms with Crippen LogP contribution in [0.25, 0.3) is 0 Å². The van der Waals surface area contributed by atoms with E-state index in [2.05, 4.69) is 5.32 Å². The molecule has 0 aromatic heterocycles. The molecule has 0 spiro atoms. The zero-order valence-corrected chi connectivity index (χ0v) is 13.1. The number of hydrogen-bond acceptors (Lipinski definition) is 4. The van der Waals surface area contributed by atoms with E-state index >= 15 is 0 Å². The molecular formula is C15H27N3O3. The quantitative estimate of drug-likeness (QED) is 0.678. The van der Waals surface area contributed by atoms with Gasteiger partial charge in [-0.15, -0.1) is 0 Å². The third-order valence-corrected chi connectivity index (χ3v) is 4.07. The Morgan fingerprint density at radius 2 is 1.67 bits per heavy atom. The minimum atomic E-state index is -0.871. The van der Waals surface area contributed by atoms with Crippen molar-refractivity contribution in [1.82, 2.24) is 5.32 Å². The van der Waals surface area contributed by atoms with Crippen LogP contribution in [0.15, 0.2) is 0 Å². The van der Waals surface area contributed by atoms with E-state index in [9.17, 15) is 14.4 Å². The van der Waals surface area contributed by atoms with Crippen molar-refractivity contribution in [3.63, 3.8) is 0 Å². The summed E-state index contributed by atoms with van der Waals surface area (Å²) >= 11 is 0. The molecule has 5 N–H and O–H groups in total. The van der Waals surface area contributed by atoms with Crippen molar-refractivity contribution in [2.45, 2.75) is 52.5 Å². The van der Waals surface area contributed by atoms with Crippen LogP contribution in [-0.4, -0.2) is 30.2 Å². The number of nitrogens with two attached hydrogens (primary N) is 2. The summed E-state index contributed by atoms with van der Waals surface area (Å²) in [6, 6.07) is -0.871. The highest BCUT2D eigenvalue weighted by atomic mass is 16.2. The molecule has 0 radical (unpaired) electrons. The second-order valence-corrected chi connectivity index (χ2v) is 6.81. The molecule has 0 saturated heterocycles. The predicted molar refractivity (Wildman–Crippen MR) is 80.1 cm³/mol. The highest BCUT2D eigenvalue weighted by Crippen LogP contribution is 2.35. The summed E-state index contributed by atoms with van der Waals surface area (Å²) in [5.74, 6) is -1.51. The van der Waals surface area contributed by atoms with Crippen LogP contribution in [0, 0.1) is 17.3 Å². The van der Waals surface area contributed by atoms with Gasteiger partial charge in [-0.3, -0.25) is 14.4 Å². The zero-order valence-electron chi connectivity index (χ0n) is 13.1. The van der Waals surface area contributed by atoms with Crippen LogP contribution < -0.4 is 16.8 Å². The molecule has 21 heavy (non-hydrogen) atoms. The maximum absolute atomic E-state index is 12.5. The molecule has 6 nitrogen and oxygen atoms in total. The van der Waals surface area contributed by atoms with E-state index in [1.165, 1.54) is 0 Å². The molecule has 0 heterocycles. The zero-order chi connectivity index (χ0) is 16.2. The monoisotopic (exact) mass is 297 g/mol. The summed E-state index contributed by atoms with van der Waals surface area (Å²) in [5, 5.41) is 2.58. The average molecular weight is 297 g/mol. The Bertz CT molecular complexity index is 415. The number of nitrogens with one attached hydrogen (secondary N) is 1. The first kappa shape index (κ1) is 17.6. The number of ketones is 1. The van der Waals surface area contributed by atoms with E-state index in [-0.39, 0.29) is 30.1 Å². The van der Waals surface area contributed by atoms with Gasteiger partial charge in [0.1, 0.15) is 11.8 Å². The van der Waals surface area contributed by atoms with E-state index in [4.69, 9.17) is 11.5 Å². The van der Waals surface area contributed by atoms with E-state index in [0.29, 0.717) is 6.42 Å². The average Bonchev–Trinajstić information content (AvgIpc) is 2.42. The third kappa shape index (κ3) is 4.52. The number of carbonyl (C=O) groups is 3. The van der Waals surface area contributed by atoms with Crippen molar-refractivity contribution in [2.24, 2.45) is 28.7 Å². The smallest absolute Gasteiger partial charge is 0.241 e. The van der Waals surface area contributed by atoms with Crippen molar-refractivity contribution in [3.8, 4) is 0 Å².